The molecule has 2 aliphatic carbocycles. The summed E-state index contributed by atoms with van der Waals surface area (Å²) in [6.07, 6.45) is 9.44. The molecule has 1 unspecified atom stereocenters. The minimum absolute atomic E-state index is 0.122. The molecule has 0 radical (unpaired) electrons. The van der Waals surface area contributed by atoms with E-state index >= 15 is 0 Å². The fraction of sp³-hybridized carbons (Fsp3) is 0.571. The molecule has 0 spiro atoms. The Kier molecular flexibility index (Phi) is 4.18. The van der Waals surface area contributed by atoms with Gasteiger partial charge in [0.2, 0.25) is 0 Å². The highest BCUT2D eigenvalue weighted by atomic mass is 16.5. The Labute approximate surface area is 107 Å². The number of carbonyl (C=O) groups excluding carboxylic acids is 2. The molecule has 0 aromatic rings. The lowest BCUT2D eigenvalue weighted by Gasteiger charge is -2.13. The largest absolute Gasteiger partial charge is 0.469 e. The summed E-state index contributed by atoms with van der Waals surface area (Å²) in [6, 6.07) is 0. The van der Waals surface area contributed by atoms with Gasteiger partial charge in [-0.2, -0.15) is 0 Å². The highest BCUT2D eigenvalue weighted by Crippen LogP contribution is 2.29. The van der Waals surface area contributed by atoms with E-state index in [1.165, 1.54) is 7.11 Å². The van der Waals surface area contributed by atoms with Gasteiger partial charge >= 0.3 is 11.9 Å². The Morgan fingerprint density at radius 2 is 2.11 bits per heavy atom. The van der Waals surface area contributed by atoms with Gasteiger partial charge in [0, 0.05) is 0 Å². The Morgan fingerprint density at radius 1 is 1.28 bits per heavy atom. The van der Waals surface area contributed by atoms with E-state index in [1.54, 1.807) is 6.08 Å². The molecule has 0 N–H and O–H groups in total. The van der Waals surface area contributed by atoms with Crippen molar-refractivity contribution in [1.82, 2.24) is 0 Å². The first-order chi connectivity index (χ1) is 8.70. The Balaban J connectivity index is 1.84. The molecule has 4 nitrogen and oxygen atoms in total. The lowest BCUT2D eigenvalue weighted by Crippen LogP contribution is -2.19. The molecule has 2 aliphatic rings. The van der Waals surface area contributed by atoms with Crippen molar-refractivity contribution in [2.24, 2.45) is 5.92 Å². The predicted molar refractivity (Wildman–Crippen MR) is 65.7 cm³/mol. The predicted octanol–water partition coefficient (Wildman–Crippen LogP) is 2.15. The lowest BCUT2D eigenvalue weighted by molar-refractivity contribution is -0.148. The molecule has 0 aromatic heterocycles. The first-order valence-corrected chi connectivity index (χ1v) is 6.36. The first kappa shape index (κ1) is 12.9. The molecule has 0 heterocycles. The Bertz CT molecular complexity index is 395. The van der Waals surface area contributed by atoms with Gasteiger partial charge in [-0.05, 0) is 32.1 Å². The lowest BCUT2D eigenvalue weighted by atomic mass is 10.1. The maximum atomic E-state index is 11.8. The van der Waals surface area contributed by atoms with E-state index in [1.807, 2.05) is 12.2 Å². The maximum Gasteiger partial charge on any atom is 0.338 e. The number of rotatable bonds is 3. The van der Waals surface area contributed by atoms with E-state index in [2.05, 4.69) is 0 Å². The van der Waals surface area contributed by atoms with Crippen molar-refractivity contribution < 1.29 is 19.1 Å². The summed E-state index contributed by atoms with van der Waals surface area (Å²) < 4.78 is 10.1. The molecule has 0 amide bonds. The van der Waals surface area contributed by atoms with Crippen molar-refractivity contribution in [3.8, 4) is 0 Å². The molecule has 2 atom stereocenters. The van der Waals surface area contributed by atoms with E-state index < -0.39 is 0 Å². The van der Waals surface area contributed by atoms with Crippen LogP contribution < -0.4 is 0 Å². The van der Waals surface area contributed by atoms with Gasteiger partial charge in [-0.3, -0.25) is 4.79 Å². The summed E-state index contributed by atoms with van der Waals surface area (Å²) in [7, 11) is 1.39. The number of hydrogen-bond acceptors (Lipinski definition) is 4. The highest BCUT2D eigenvalue weighted by Gasteiger charge is 2.33. The smallest absolute Gasteiger partial charge is 0.338 e. The van der Waals surface area contributed by atoms with E-state index in [0.29, 0.717) is 12.0 Å². The second-order valence-corrected chi connectivity index (χ2v) is 4.70. The highest BCUT2D eigenvalue weighted by molar-refractivity contribution is 5.91. The molecule has 0 aliphatic heterocycles. The zero-order valence-electron chi connectivity index (χ0n) is 10.6. The SMILES string of the molecule is COC(=O)[C@H]1CCC(OC(=O)C2=CCCC=C2)C1. The van der Waals surface area contributed by atoms with Crippen molar-refractivity contribution in [2.75, 3.05) is 7.11 Å². The van der Waals surface area contributed by atoms with Gasteiger partial charge in [0.05, 0.1) is 18.6 Å². The third-order valence-electron chi connectivity index (χ3n) is 3.42. The van der Waals surface area contributed by atoms with Crippen LogP contribution in [0.5, 0.6) is 0 Å². The topological polar surface area (TPSA) is 52.6 Å². The fourth-order valence-electron chi connectivity index (χ4n) is 2.41. The van der Waals surface area contributed by atoms with Crippen LogP contribution in [-0.2, 0) is 19.1 Å². The zero-order chi connectivity index (χ0) is 13.0. The Hall–Kier alpha value is -1.58. The molecule has 4 heteroatoms. The van der Waals surface area contributed by atoms with Crippen molar-refractivity contribution >= 4 is 11.9 Å². The monoisotopic (exact) mass is 250 g/mol. The third kappa shape index (κ3) is 3.00. The maximum absolute atomic E-state index is 11.8. The second kappa shape index (κ2) is 5.85. The summed E-state index contributed by atoms with van der Waals surface area (Å²) in [5.74, 6) is -0.601. The summed E-state index contributed by atoms with van der Waals surface area (Å²) >= 11 is 0. The molecule has 0 aromatic carbocycles. The van der Waals surface area contributed by atoms with Gasteiger partial charge in [-0.1, -0.05) is 18.2 Å². The van der Waals surface area contributed by atoms with Crippen LogP contribution in [0, 0.1) is 5.92 Å². The Morgan fingerprint density at radius 3 is 2.78 bits per heavy atom. The molecule has 1 saturated carbocycles. The van der Waals surface area contributed by atoms with Crippen LogP contribution in [0.1, 0.15) is 32.1 Å². The minimum Gasteiger partial charge on any atom is -0.469 e. The van der Waals surface area contributed by atoms with E-state index in [0.717, 1.165) is 25.7 Å². The van der Waals surface area contributed by atoms with Gasteiger partial charge in [-0.15, -0.1) is 0 Å². The van der Waals surface area contributed by atoms with Crippen LogP contribution in [-0.4, -0.2) is 25.2 Å². The standard InChI is InChI=1S/C14H18O4/c1-17-13(15)11-7-8-12(9-11)18-14(16)10-5-3-2-4-6-10/h3,5-6,11-12H,2,4,7-9H2,1H3/t11-,12?/m0/s1. The van der Waals surface area contributed by atoms with Crippen LogP contribution in [0.2, 0.25) is 0 Å². The van der Waals surface area contributed by atoms with E-state index in [-0.39, 0.29) is 24.0 Å². The molecule has 0 saturated heterocycles. The number of ether oxygens (including phenoxy) is 2. The van der Waals surface area contributed by atoms with Crippen LogP contribution in [0.25, 0.3) is 0 Å². The second-order valence-electron chi connectivity index (χ2n) is 4.70. The number of esters is 2. The van der Waals surface area contributed by atoms with E-state index in [9.17, 15) is 9.59 Å². The first-order valence-electron chi connectivity index (χ1n) is 6.36. The van der Waals surface area contributed by atoms with Gasteiger partial charge in [0.15, 0.2) is 0 Å². The summed E-state index contributed by atoms with van der Waals surface area (Å²) in [4.78, 5) is 23.2. The molecule has 98 valence electrons. The average molecular weight is 250 g/mol. The van der Waals surface area contributed by atoms with Gasteiger partial charge in [0.1, 0.15) is 6.10 Å². The number of methoxy groups -OCH3 is 1. The van der Waals surface area contributed by atoms with Crippen LogP contribution in [0.3, 0.4) is 0 Å². The number of carbonyl (C=O) groups is 2. The normalized spacial score (nSPS) is 26.6. The van der Waals surface area contributed by atoms with Crippen molar-refractivity contribution in [3.05, 3.63) is 23.8 Å². The number of allylic oxidation sites excluding steroid dienone is 2. The quantitative estimate of drug-likeness (QED) is 0.720. The van der Waals surface area contributed by atoms with Crippen LogP contribution in [0.15, 0.2) is 23.8 Å². The molecular weight excluding hydrogens is 232 g/mol. The third-order valence-corrected chi connectivity index (χ3v) is 3.42. The van der Waals surface area contributed by atoms with Crippen LogP contribution in [0.4, 0.5) is 0 Å². The summed E-state index contributed by atoms with van der Waals surface area (Å²) in [5.41, 5.74) is 0.628. The van der Waals surface area contributed by atoms with Gasteiger partial charge in [-0.25, -0.2) is 4.79 Å². The van der Waals surface area contributed by atoms with E-state index in [4.69, 9.17) is 9.47 Å². The summed E-state index contributed by atoms with van der Waals surface area (Å²) in [5, 5.41) is 0. The van der Waals surface area contributed by atoms with Gasteiger partial charge in [0.25, 0.3) is 0 Å². The average Bonchev–Trinajstić information content (AvgIpc) is 2.87. The molecule has 0 bridgehead atoms. The van der Waals surface area contributed by atoms with Gasteiger partial charge < -0.3 is 9.47 Å². The van der Waals surface area contributed by atoms with Crippen molar-refractivity contribution in [3.63, 3.8) is 0 Å². The minimum atomic E-state index is -0.276. The zero-order valence-corrected chi connectivity index (χ0v) is 10.6. The molecule has 1 fully saturated rings. The molecule has 2 rings (SSSR count). The van der Waals surface area contributed by atoms with Crippen LogP contribution >= 0.6 is 0 Å². The van der Waals surface area contributed by atoms with Crippen molar-refractivity contribution in [1.29, 1.82) is 0 Å². The summed E-state index contributed by atoms with van der Waals surface area (Å²) in [6.45, 7) is 0. The molecule has 18 heavy (non-hydrogen) atoms. The van der Waals surface area contributed by atoms with Crippen molar-refractivity contribution in [2.45, 2.75) is 38.2 Å². The fourth-order valence-corrected chi connectivity index (χ4v) is 2.41. The number of hydrogen-bond donors (Lipinski definition) is 0. The molecular formula is C14H18O4.